The molecular weight excluding hydrogens is 435 g/mol. The molecule has 10 heteroatoms. The highest BCUT2D eigenvalue weighted by Crippen LogP contribution is 2.31. The number of carbonyl (C=O) groups is 1. The van der Waals surface area contributed by atoms with Gasteiger partial charge in [-0.25, -0.2) is 4.68 Å². The van der Waals surface area contributed by atoms with Crippen LogP contribution in [0, 0.1) is 0 Å². The second-order valence-corrected chi connectivity index (χ2v) is 6.89. The Labute approximate surface area is 180 Å². The fraction of sp³-hybridized carbons (Fsp3) is 0.190. The molecule has 0 saturated carbocycles. The van der Waals surface area contributed by atoms with Crippen molar-refractivity contribution in [3.8, 4) is 17.0 Å². The van der Waals surface area contributed by atoms with Gasteiger partial charge >= 0.3 is 6.18 Å². The molecule has 2 aromatic carbocycles. The molecule has 3 aromatic rings. The van der Waals surface area contributed by atoms with E-state index in [0.717, 1.165) is 17.7 Å². The van der Waals surface area contributed by atoms with Crippen molar-refractivity contribution in [3.63, 3.8) is 0 Å². The minimum atomic E-state index is -4.50. The smallest absolute Gasteiger partial charge is 0.416 e. The summed E-state index contributed by atoms with van der Waals surface area (Å²) in [4.78, 5) is 23.9. The molecular formula is C21H17ClF3N3O3. The first kappa shape index (κ1) is 22.4. The number of hydrogen-bond donors (Lipinski definition) is 1. The fourth-order valence-corrected chi connectivity index (χ4v) is 2.77. The Kier molecular flexibility index (Phi) is 6.96. The predicted molar refractivity (Wildman–Crippen MR) is 109 cm³/mol. The third-order valence-corrected chi connectivity index (χ3v) is 4.44. The van der Waals surface area contributed by atoms with E-state index < -0.39 is 24.3 Å². The van der Waals surface area contributed by atoms with Crippen molar-refractivity contribution >= 4 is 17.5 Å². The van der Waals surface area contributed by atoms with Gasteiger partial charge in [0.2, 0.25) is 0 Å². The Hall–Kier alpha value is -3.33. The van der Waals surface area contributed by atoms with Crippen molar-refractivity contribution in [2.45, 2.75) is 12.7 Å². The number of benzene rings is 2. The molecule has 0 aliphatic carbocycles. The lowest BCUT2D eigenvalue weighted by Crippen LogP contribution is -2.34. The Balaban J connectivity index is 1.53. The molecule has 1 heterocycles. The summed E-state index contributed by atoms with van der Waals surface area (Å²) >= 11 is 5.87. The summed E-state index contributed by atoms with van der Waals surface area (Å²) in [5.74, 6) is -0.613. The van der Waals surface area contributed by atoms with Crippen molar-refractivity contribution in [3.05, 3.63) is 81.6 Å². The average Bonchev–Trinajstić information content (AvgIpc) is 2.74. The molecule has 31 heavy (non-hydrogen) atoms. The standard InChI is InChI=1S/C21H17ClF3N3O3/c22-16-6-4-14(5-7-16)18-8-9-20(30)28(27-18)11-10-26-19(29)13-31-17-3-1-2-15(12-17)21(23,24)25/h1-9,12H,10-11,13H2,(H,26,29). The molecule has 1 aromatic heterocycles. The van der Waals surface area contributed by atoms with Crippen molar-refractivity contribution < 1.29 is 22.7 Å². The van der Waals surface area contributed by atoms with Gasteiger partial charge in [-0.2, -0.15) is 18.3 Å². The summed E-state index contributed by atoms with van der Waals surface area (Å²) in [6.45, 7) is -0.272. The Morgan fingerprint density at radius 3 is 2.55 bits per heavy atom. The first-order valence-electron chi connectivity index (χ1n) is 9.13. The third-order valence-electron chi connectivity index (χ3n) is 4.18. The number of nitrogens with one attached hydrogen (secondary N) is 1. The molecule has 0 fully saturated rings. The Morgan fingerprint density at radius 2 is 1.84 bits per heavy atom. The van der Waals surface area contributed by atoms with Crippen molar-refractivity contribution in [1.29, 1.82) is 0 Å². The molecule has 0 atom stereocenters. The maximum absolute atomic E-state index is 12.7. The second kappa shape index (κ2) is 9.65. The molecule has 0 aliphatic heterocycles. The van der Waals surface area contributed by atoms with Crippen LogP contribution in [0.15, 0.2) is 65.5 Å². The minimum Gasteiger partial charge on any atom is -0.484 e. The number of aromatic nitrogens is 2. The summed E-state index contributed by atoms with van der Waals surface area (Å²) in [6.07, 6.45) is -4.50. The van der Waals surface area contributed by atoms with Crippen LogP contribution in [0.25, 0.3) is 11.3 Å². The minimum absolute atomic E-state index is 0.0708. The molecule has 0 saturated heterocycles. The molecule has 0 bridgehead atoms. The molecule has 0 radical (unpaired) electrons. The topological polar surface area (TPSA) is 73.2 Å². The van der Waals surface area contributed by atoms with Gasteiger partial charge < -0.3 is 10.1 Å². The lowest BCUT2D eigenvalue weighted by molar-refractivity contribution is -0.137. The quantitative estimate of drug-likeness (QED) is 0.593. The number of carbonyl (C=O) groups excluding carboxylic acids is 1. The zero-order valence-corrected chi connectivity index (χ0v) is 16.8. The van der Waals surface area contributed by atoms with Crippen molar-refractivity contribution in [2.24, 2.45) is 0 Å². The molecule has 0 spiro atoms. The first-order chi connectivity index (χ1) is 14.7. The summed E-state index contributed by atoms with van der Waals surface area (Å²) in [6, 6.07) is 14.2. The third kappa shape index (κ3) is 6.32. The molecule has 1 amide bonds. The first-order valence-corrected chi connectivity index (χ1v) is 9.51. The van der Waals surface area contributed by atoms with E-state index in [1.165, 1.54) is 22.9 Å². The SMILES string of the molecule is O=C(COc1cccc(C(F)(F)F)c1)NCCn1nc(-c2ccc(Cl)cc2)ccc1=O. The van der Waals surface area contributed by atoms with Gasteiger partial charge in [0.15, 0.2) is 6.61 Å². The van der Waals surface area contributed by atoms with E-state index in [-0.39, 0.29) is 24.4 Å². The van der Waals surface area contributed by atoms with Crippen LogP contribution in [0.5, 0.6) is 5.75 Å². The number of nitrogens with zero attached hydrogens (tertiary/aromatic N) is 2. The van der Waals surface area contributed by atoms with Crippen molar-refractivity contribution in [2.75, 3.05) is 13.2 Å². The number of alkyl halides is 3. The van der Waals surface area contributed by atoms with E-state index >= 15 is 0 Å². The van der Waals surface area contributed by atoms with Crippen LogP contribution in [0.3, 0.4) is 0 Å². The maximum atomic E-state index is 12.7. The van der Waals surface area contributed by atoms with Gasteiger partial charge in [0.25, 0.3) is 11.5 Å². The van der Waals surface area contributed by atoms with Crippen LogP contribution in [0.2, 0.25) is 5.02 Å². The Morgan fingerprint density at radius 1 is 1.10 bits per heavy atom. The summed E-state index contributed by atoms with van der Waals surface area (Å²) in [5.41, 5.74) is 0.135. The summed E-state index contributed by atoms with van der Waals surface area (Å²) < 4.78 is 44.4. The summed E-state index contributed by atoms with van der Waals surface area (Å²) in [5, 5.41) is 7.38. The van der Waals surface area contributed by atoms with Crippen LogP contribution in [0.1, 0.15) is 5.56 Å². The van der Waals surface area contributed by atoms with Crippen molar-refractivity contribution in [1.82, 2.24) is 15.1 Å². The molecule has 0 aliphatic rings. The highest BCUT2D eigenvalue weighted by Gasteiger charge is 2.30. The number of hydrogen-bond acceptors (Lipinski definition) is 4. The normalized spacial score (nSPS) is 11.2. The van der Waals surface area contributed by atoms with Crippen LogP contribution in [-0.2, 0) is 17.5 Å². The molecule has 6 nitrogen and oxygen atoms in total. The predicted octanol–water partition coefficient (Wildman–Crippen LogP) is 3.78. The highest BCUT2D eigenvalue weighted by atomic mass is 35.5. The highest BCUT2D eigenvalue weighted by molar-refractivity contribution is 6.30. The number of halogens is 4. The van der Waals surface area contributed by atoms with E-state index in [1.54, 1.807) is 30.3 Å². The van der Waals surface area contributed by atoms with Gasteiger partial charge in [-0.15, -0.1) is 0 Å². The van der Waals surface area contributed by atoms with Crippen LogP contribution >= 0.6 is 11.6 Å². The lowest BCUT2D eigenvalue weighted by Gasteiger charge is -2.11. The van der Waals surface area contributed by atoms with E-state index in [0.29, 0.717) is 10.7 Å². The number of amides is 1. The lowest BCUT2D eigenvalue weighted by atomic mass is 10.1. The van der Waals surface area contributed by atoms with Crippen LogP contribution in [-0.4, -0.2) is 28.8 Å². The van der Waals surface area contributed by atoms with Gasteiger partial charge in [0, 0.05) is 23.2 Å². The van der Waals surface area contributed by atoms with Crippen LogP contribution < -0.4 is 15.6 Å². The van der Waals surface area contributed by atoms with E-state index in [2.05, 4.69) is 10.4 Å². The number of ether oxygens (including phenoxy) is 1. The largest absolute Gasteiger partial charge is 0.484 e. The molecule has 1 N–H and O–H groups in total. The molecule has 0 unspecified atom stereocenters. The fourth-order valence-electron chi connectivity index (χ4n) is 2.65. The molecule has 162 valence electrons. The maximum Gasteiger partial charge on any atom is 0.416 e. The van der Waals surface area contributed by atoms with Gasteiger partial charge in [-0.1, -0.05) is 29.8 Å². The van der Waals surface area contributed by atoms with E-state index in [9.17, 15) is 22.8 Å². The van der Waals surface area contributed by atoms with E-state index in [4.69, 9.17) is 16.3 Å². The average molecular weight is 452 g/mol. The molecule has 3 rings (SSSR count). The van der Waals surface area contributed by atoms with E-state index in [1.807, 2.05) is 0 Å². The van der Waals surface area contributed by atoms with Crippen LogP contribution in [0.4, 0.5) is 13.2 Å². The summed E-state index contributed by atoms with van der Waals surface area (Å²) in [7, 11) is 0. The second-order valence-electron chi connectivity index (χ2n) is 6.45. The number of rotatable bonds is 7. The van der Waals surface area contributed by atoms with Gasteiger partial charge in [0.1, 0.15) is 5.75 Å². The Bertz CT molecular complexity index is 1120. The zero-order valence-electron chi connectivity index (χ0n) is 16.0. The zero-order chi connectivity index (χ0) is 22.4. The van der Waals surface area contributed by atoms with Gasteiger partial charge in [-0.3, -0.25) is 9.59 Å². The van der Waals surface area contributed by atoms with Gasteiger partial charge in [0.05, 0.1) is 17.8 Å². The van der Waals surface area contributed by atoms with Gasteiger partial charge in [-0.05, 0) is 36.4 Å². The monoisotopic (exact) mass is 451 g/mol.